The average Bonchev–Trinajstić information content (AvgIpc) is 1.60. The molecular formula is C82H98N18O9S3. The Morgan fingerprint density at radius 2 is 0.723 bits per heavy atom. The molecule has 0 N–H and O–H groups in total. The van der Waals surface area contributed by atoms with Crippen LogP contribution in [0.3, 0.4) is 0 Å². The lowest BCUT2D eigenvalue weighted by Gasteiger charge is -2.36. The van der Waals surface area contributed by atoms with Gasteiger partial charge < -0.3 is 14.2 Å². The second-order valence-electron chi connectivity index (χ2n) is 29.8. The number of aromatic nitrogens is 15. The summed E-state index contributed by atoms with van der Waals surface area (Å²) in [4.78, 5) is 22.3. The molecule has 1 atom stereocenters. The summed E-state index contributed by atoms with van der Waals surface area (Å²) >= 11 is 0. The zero-order chi connectivity index (χ0) is 76.2. The normalized spacial score (nSPS) is 20.8. The Labute approximate surface area is 654 Å². The Bertz CT molecular complexity index is 5380. The van der Waals surface area contributed by atoms with Crippen LogP contribution in [0.4, 0.5) is 0 Å². The van der Waals surface area contributed by atoms with Crippen LogP contribution >= 0.6 is 0 Å². The van der Waals surface area contributed by atoms with Crippen LogP contribution in [-0.2, 0) is 65.4 Å². The lowest BCUT2D eigenvalue weighted by Crippen LogP contribution is -2.39. The van der Waals surface area contributed by atoms with Gasteiger partial charge in [-0.3, -0.25) is 28.7 Å². The summed E-state index contributed by atoms with van der Waals surface area (Å²) in [5.74, 6) is 0.791. The molecule has 27 nitrogen and oxygen atoms in total. The van der Waals surface area contributed by atoms with Crippen molar-refractivity contribution in [3.05, 3.63) is 188 Å². The van der Waals surface area contributed by atoms with Gasteiger partial charge in [-0.1, -0.05) is 68.1 Å². The first-order chi connectivity index (χ1) is 54.0. The molecule has 5 fully saturated rings. The van der Waals surface area contributed by atoms with Crippen LogP contribution in [-0.4, -0.2) is 209 Å². The Morgan fingerprint density at radius 3 is 1.06 bits per heavy atom. The SMILES string of the molecule is C.Cn1cc(-c2nn(S(=O)(=O)c3ccccc3)c3ncc(C4=CCC(N5CCCOCC5)CC4)cc23)cn1.Cn1cc(-c2nn(S(=O)(=O)c3ccccc3)c3ncc(C4CCC(N5CCCOCC5)CC4)cc23)cn1.Cn1cc(-c2nn(S(=O)(=O)c3ccccc3)c3ncc(C4CCC(N5CCCOCC5)CC4)cc23)cn1. The summed E-state index contributed by atoms with van der Waals surface area (Å²) in [5.41, 5.74) is 9.51. The van der Waals surface area contributed by atoms with Crippen LogP contribution in [0.15, 0.2) is 186 Å². The van der Waals surface area contributed by atoms with Crippen molar-refractivity contribution in [2.45, 2.75) is 142 Å². The number of allylic oxidation sites excluding steroid dienone is 1. The fraction of sp³-hybridized carbons (Fsp3) is 0.427. The van der Waals surface area contributed by atoms with Gasteiger partial charge in [0.05, 0.1) is 53.1 Å². The number of pyridine rings is 3. The molecule has 588 valence electrons. The maximum Gasteiger partial charge on any atom is 0.284 e. The molecule has 3 saturated heterocycles. The average molecular weight is 1580 g/mol. The summed E-state index contributed by atoms with van der Waals surface area (Å²) in [5, 5.41) is 28.7. The largest absolute Gasteiger partial charge is 0.380 e. The Hall–Kier alpha value is -9.50. The van der Waals surface area contributed by atoms with Crippen molar-refractivity contribution in [2.75, 3.05) is 78.9 Å². The van der Waals surface area contributed by atoms with Crippen molar-refractivity contribution < 1.29 is 39.5 Å². The van der Waals surface area contributed by atoms with E-state index in [2.05, 4.69) is 78.5 Å². The van der Waals surface area contributed by atoms with Gasteiger partial charge in [-0.05, 0) is 179 Å². The van der Waals surface area contributed by atoms with Gasteiger partial charge in [-0.2, -0.15) is 55.8 Å². The molecule has 0 bridgehead atoms. The third-order valence-corrected chi connectivity index (χ3v) is 27.4. The predicted octanol–water partition coefficient (Wildman–Crippen LogP) is 12.0. The van der Waals surface area contributed by atoms with Crippen molar-refractivity contribution in [3.8, 4) is 33.8 Å². The summed E-state index contributed by atoms with van der Waals surface area (Å²) in [6.07, 6.45) is 33.7. The molecule has 12 aromatic rings. The summed E-state index contributed by atoms with van der Waals surface area (Å²) in [7, 11) is -6.24. The highest BCUT2D eigenvalue weighted by molar-refractivity contribution is 7.90. The fourth-order valence-corrected chi connectivity index (χ4v) is 20.6. The summed E-state index contributed by atoms with van der Waals surface area (Å²) in [6.45, 7) is 11.4. The number of benzene rings is 3. The van der Waals surface area contributed by atoms with Gasteiger partial charge in [0, 0.05) is 168 Å². The van der Waals surface area contributed by atoms with Gasteiger partial charge in [0.25, 0.3) is 30.1 Å². The van der Waals surface area contributed by atoms with E-state index < -0.39 is 30.1 Å². The maximum absolute atomic E-state index is 13.5. The highest BCUT2D eigenvalue weighted by Crippen LogP contribution is 2.42. The standard InChI is InChI=1S/2C27H32N6O3S.C27H30N6O3S.CH4/c3*1-31-19-22(18-29-31)26-25-16-21(20-8-10-23(11-9-20)32-12-5-14-36-15-13-32)17-28-27(25)33(30-26)37(34,35)24-6-3-2-4-7-24;/h2*2-4,6-7,16-20,23H,5,8-15H2,1H3;2-4,6-8,16-19,23H,5,9-15H2,1H3;1H4. The van der Waals surface area contributed by atoms with Crippen molar-refractivity contribution in [1.82, 2.24) is 86.6 Å². The number of nitrogens with zero attached hydrogens (tertiary/aromatic N) is 18. The third kappa shape index (κ3) is 16.5. The predicted molar refractivity (Wildman–Crippen MR) is 430 cm³/mol. The summed E-state index contributed by atoms with van der Waals surface area (Å²) < 4.78 is 106. The highest BCUT2D eigenvalue weighted by Gasteiger charge is 2.34. The highest BCUT2D eigenvalue weighted by atomic mass is 32.2. The molecule has 3 aromatic carbocycles. The summed E-state index contributed by atoms with van der Waals surface area (Å²) in [6, 6.07) is 33.0. The molecule has 0 amide bonds. The van der Waals surface area contributed by atoms with Crippen molar-refractivity contribution in [1.29, 1.82) is 0 Å². The van der Waals surface area contributed by atoms with Gasteiger partial charge in [0.15, 0.2) is 16.9 Å². The molecule has 2 saturated carbocycles. The van der Waals surface area contributed by atoms with Crippen LogP contribution in [0, 0.1) is 0 Å². The maximum atomic E-state index is 13.5. The first kappa shape index (κ1) is 77.8. The number of aryl methyl sites for hydroxylation is 3. The van der Waals surface area contributed by atoms with E-state index in [-0.39, 0.29) is 22.1 Å². The van der Waals surface area contributed by atoms with E-state index in [1.54, 1.807) is 130 Å². The number of fused-ring (bicyclic) bond motifs is 3. The minimum Gasteiger partial charge on any atom is -0.380 e. The zero-order valence-corrected chi connectivity index (χ0v) is 65.3. The molecule has 1 unspecified atom stereocenters. The lowest BCUT2D eigenvalue weighted by molar-refractivity contribution is 0.118. The molecule has 0 spiro atoms. The van der Waals surface area contributed by atoms with Crippen LogP contribution < -0.4 is 0 Å². The van der Waals surface area contributed by atoms with Crippen molar-refractivity contribution in [2.24, 2.45) is 21.1 Å². The van der Waals surface area contributed by atoms with Gasteiger partial charge in [0.2, 0.25) is 0 Å². The molecule has 30 heteroatoms. The molecular weight excluding hydrogens is 1480 g/mol. The van der Waals surface area contributed by atoms with E-state index in [4.69, 9.17) is 14.2 Å². The van der Waals surface area contributed by atoms with Gasteiger partial charge in [-0.25, -0.2) is 15.0 Å². The van der Waals surface area contributed by atoms with E-state index >= 15 is 0 Å². The van der Waals surface area contributed by atoms with E-state index in [9.17, 15) is 25.3 Å². The van der Waals surface area contributed by atoms with Gasteiger partial charge >= 0.3 is 0 Å². The van der Waals surface area contributed by atoms with E-state index in [1.807, 2.05) is 58.2 Å². The van der Waals surface area contributed by atoms with Crippen LogP contribution in [0.2, 0.25) is 0 Å². The van der Waals surface area contributed by atoms with E-state index in [0.29, 0.717) is 69.4 Å². The Balaban J connectivity index is 0.000000132. The topological polar surface area (TPSA) is 285 Å². The van der Waals surface area contributed by atoms with E-state index in [1.165, 1.54) is 5.57 Å². The molecule has 9 aromatic heterocycles. The number of hydrogen-bond acceptors (Lipinski definition) is 21. The molecule has 18 rings (SSSR count). The van der Waals surface area contributed by atoms with Gasteiger partial charge in [0.1, 0.15) is 17.1 Å². The number of ether oxygens (including phenoxy) is 3. The minimum absolute atomic E-state index is 0. The Morgan fingerprint density at radius 1 is 0.375 bits per heavy atom. The molecule has 6 aliphatic rings. The van der Waals surface area contributed by atoms with Crippen LogP contribution in [0.5, 0.6) is 0 Å². The second kappa shape index (κ2) is 34.1. The molecule has 3 aliphatic carbocycles. The van der Waals surface area contributed by atoms with Crippen LogP contribution in [0.1, 0.15) is 126 Å². The van der Waals surface area contributed by atoms with Crippen LogP contribution in [0.25, 0.3) is 72.4 Å². The van der Waals surface area contributed by atoms with E-state index in [0.717, 1.165) is 225 Å². The zero-order valence-electron chi connectivity index (χ0n) is 62.9. The number of hydrogen-bond donors (Lipinski definition) is 0. The van der Waals surface area contributed by atoms with Gasteiger partial charge in [-0.15, -0.1) is 12.3 Å². The first-order valence-corrected chi connectivity index (χ1v) is 43.0. The molecule has 3 aliphatic heterocycles. The monoisotopic (exact) mass is 1570 g/mol. The van der Waals surface area contributed by atoms with Crippen molar-refractivity contribution in [3.63, 3.8) is 0 Å². The number of rotatable bonds is 15. The minimum atomic E-state index is -3.92. The smallest absolute Gasteiger partial charge is 0.284 e. The Kier molecular flexibility index (Phi) is 23.7. The second-order valence-corrected chi connectivity index (χ2v) is 35.1. The first-order valence-electron chi connectivity index (χ1n) is 38.7. The third-order valence-electron chi connectivity index (χ3n) is 22.7. The molecule has 0 radical (unpaired) electrons. The lowest BCUT2D eigenvalue weighted by atomic mass is 9.81. The fourth-order valence-electron chi connectivity index (χ4n) is 16.8. The quantitative estimate of drug-likeness (QED) is 0.0921. The molecule has 12 heterocycles. The van der Waals surface area contributed by atoms with Crippen molar-refractivity contribution >= 4 is 68.7 Å². The molecule has 112 heavy (non-hydrogen) atoms.